The molecule has 1 atom stereocenters. The van der Waals surface area contributed by atoms with E-state index in [2.05, 4.69) is 16.0 Å². The summed E-state index contributed by atoms with van der Waals surface area (Å²) in [4.78, 5) is 50.3. The zero-order valence-electron chi connectivity index (χ0n) is 17.8. The Balaban J connectivity index is 1.43. The summed E-state index contributed by atoms with van der Waals surface area (Å²) in [6, 6.07) is 7.80. The third kappa shape index (κ3) is 4.18. The van der Waals surface area contributed by atoms with Crippen LogP contribution in [0.4, 0.5) is 10.5 Å². The van der Waals surface area contributed by atoms with Gasteiger partial charge in [0.05, 0.1) is 0 Å². The van der Waals surface area contributed by atoms with E-state index in [1.165, 1.54) is 4.90 Å². The van der Waals surface area contributed by atoms with Crippen LogP contribution in [0.1, 0.15) is 45.5 Å². The van der Waals surface area contributed by atoms with Gasteiger partial charge < -0.3 is 15.5 Å². The fourth-order valence-corrected chi connectivity index (χ4v) is 4.23. The molecule has 166 valence electrons. The Hall–Kier alpha value is -3.39. The number of imide groups is 1. The number of carbonyl (C=O) groups is 4. The summed E-state index contributed by atoms with van der Waals surface area (Å²) >= 11 is 6.10. The molecule has 2 aliphatic rings. The second kappa shape index (κ2) is 8.63. The van der Waals surface area contributed by atoms with Crippen LogP contribution in [0.15, 0.2) is 30.3 Å². The molecule has 0 bridgehead atoms. The average molecular weight is 455 g/mol. The molecule has 2 aromatic carbocycles. The van der Waals surface area contributed by atoms with E-state index >= 15 is 0 Å². The van der Waals surface area contributed by atoms with Gasteiger partial charge in [-0.1, -0.05) is 23.7 Å². The molecule has 0 saturated carbocycles. The van der Waals surface area contributed by atoms with Crippen LogP contribution in [0.2, 0.25) is 5.02 Å². The Labute approximate surface area is 190 Å². The predicted molar refractivity (Wildman–Crippen MR) is 119 cm³/mol. The fraction of sp³-hybridized carbons (Fsp3) is 0.304. The van der Waals surface area contributed by atoms with Gasteiger partial charge in [-0.15, -0.1) is 0 Å². The summed E-state index contributed by atoms with van der Waals surface area (Å²) in [5.41, 5.74) is 4.67. The van der Waals surface area contributed by atoms with Crippen molar-refractivity contribution < 1.29 is 19.2 Å². The zero-order valence-corrected chi connectivity index (χ0v) is 18.5. The van der Waals surface area contributed by atoms with Gasteiger partial charge in [0.15, 0.2) is 0 Å². The minimum atomic E-state index is -0.652. The molecular weight excluding hydrogens is 432 g/mol. The zero-order chi connectivity index (χ0) is 23.0. The van der Waals surface area contributed by atoms with Gasteiger partial charge in [-0.05, 0) is 60.7 Å². The number of amides is 5. The predicted octanol–water partition coefficient (Wildman–Crippen LogP) is 3.04. The van der Waals surface area contributed by atoms with Crippen molar-refractivity contribution in [2.24, 2.45) is 0 Å². The minimum Gasteiger partial charge on any atom is -0.334 e. The molecule has 0 spiro atoms. The molecular formula is C23H23ClN4O4. The highest BCUT2D eigenvalue weighted by atomic mass is 35.5. The van der Waals surface area contributed by atoms with Gasteiger partial charge >= 0.3 is 6.03 Å². The first kappa shape index (κ1) is 21.8. The van der Waals surface area contributed by atoms with Crippen LogP contribution in [0, 0.1) is 13.8 Å². The molecule has 1 unspecified atom stereocenters. The largest absolute Gasteiger partial charge is 0.334 e. The first-order valence-corrected chi connectivity index (χ1v) is 10.7. The molecule has 2 aromatic rings. The summed E-state index contributed by atoms with van der Waals surface area (Å²) in [6.07, 6.45) is 0.535. The number of piperidine rings is 1. The average Bonchev–Trinajstić information content (AvgIpc) is 3.07. The van der Waals surface area contributed by atoms with Crippen LogP contribution in [0.3, 0.4) is 0 Å². The molecule has 1 saturated heterocycles. The van der Waals surface area contributed by atoms with E-state index in [0.29, 0.717) is 29.2 Å². The molecule has 3 N–H and O–H groups in total. The normalized spacial score (nSPS) is 17.8. The number of fused-ring (bicyclic) bond motifs is 1. The SMILES string of the molecule is Cc1ccc(NC(=O)NCc2ccc3c(c2C)CN(C2CCC(=O)NC2=O)C3=O)cc1Cl. The maximum atomic E-state index is 12.9. The van der Waals surface area contributed by atoms with Gasteiger partial charge in [0.2, 0.25) is 11.8 Å². The Morgan fingerprint density at radius 2 is 1.97 bits per heavy atom. The Bertz CT molecular complexity index is 1150. The van der Waals surface area contributed by atoms with Crippen molar-refractivity contribution in [3.05, 3.63) is 63.2 Å². The molecule has 0 aliphatic carbocycles. The van der Waals surface area contributed by atoms with Crippen LogP contribution in [0.5, 0.6) is 0 Å². The molecule has 2 heterocycles. The van der Waals surface area contributed by atoms with Crippen molar-refractivity contribution in [3.63, 3.8) is 0 Å². The Morgan fingerprint density at radius 1 is 1.19 bits per heavy atom. The number of anilines is 1. The van der Waals surface area contributed by atoms with Crippen LogP contribution in [0.25, 0.3) is 0 Å². The lowest BCUT2D eigenvalue weighted by atomic mass is 9.98. The number of rotatable bonds is 4. The number of aryl methyl sites for hydroxylation is 1. The van der Waals surface area contributed by atoms with Crippen molar-refractivity contribution in [1.29, 1.82) is 0 Å². The van der Waals surface area contributed by atoms with Crippen LogP contribution >= 0.6 is 11.6 Å². The van der Waals surface area contributed by atoms with Gasteiger partial charge in [0.25, 0.3) is 5.91 Å². The molecule has 32 heavy (non-hydrogen) atoms. The summed E-state index contributed by atoms with van der Waals surface area (Å²) in [7, 11) is 0. The standard InChI is InChI=1S/C23H23ClN4O4/c1-12-3-5-15(9-18(12)24)26-23(32)25-10-14-4-6-16-17(13(14)2)11-28(22(16)31)19-7-8-20(29)27-21(19)30/h3-6,9,19H,7-8,10-11H2,1-2H3,(H2,25,26,32)(H,27,29,30). The van der Waals surface area contributed by atoms with E-state index in [4.69, 9.17) is 11.6 Å². The maximum Gasteiger partial charge on any atom is 0.319 e. The molecule has 9 heteroatoms. The lowest BCUT2D eigenvalue weighted by Crippen LogP contribution is -2.52. The highest BCUT2D eigenvalue weighted by Crippen LogP contribution is 2.31. The molecule has 2 aliphatic heterocycles. The van der Waals surface area contributed by atoms with Crippen molar-refractivity contribution >= 4 is 41.0 Å². The third-order valence-corrected chi connectivity index (χ3v) is 6.39. The number of nitrogens with zero attached hydrogens (tertiary/aromatic N) is 1. The van der Waals surface area contributed by atoms with Gasteiger partial charge in [0.1, 0.15) is 6.04 Å². The van der Waals surface area contributed by atoms with E-state index in [0.717, 1.165) is 22.3 Å². The minimum absolute atomic E-state index is 0.214. The summed E-state index contributed by atoms with van der Waals surface area (Å²) < 4.78 is 0. The second-order valence-electron chi connectivity index (χ2n) is 8.05. The highest BCUT2D eigenvalue weighted by Gasteiger charge is 2.39. The number of hydrogen-bond acceptors (Lipinski definition) is 4. The van der Waals surface area contributed by atoms with E-state index in [9.17, 15) is 19.2 Å². The first-order chi connectivity index (χ1) is 15.2. The summed E-state index contributed by atoms with van der Waals surface area (Å²) in [5, 5.41) is 8.44. The van der Waals surface area contributed by atoms with Gasteiger partial charge in [-0.3, -0.25) is 19.7 Å². The van der Waals surface area contributed by atoms with Crippen molar-refractivity contribution in [1.82, 2.24) is 15.5 Å². The fourth-order valence-electron chi connectivity index (χ4n) is 4.05. The number of benzene rings is 2. The van der Waals surface area contributed by atoms with E-state index in [-0.39, 0.29) is 30.8 Å². The maximum absolute atomic E-state index is 12.9. The third-order valence-electron chi connectivity index (χ3n) is 5.99. The number of halogens is 1. The molecule has 5 amide bonds. The van der Waals surface area contributed by atoms with Gasteiger partial charge in [-0.25, -0.2) is 4.79 Å². The van der Waals surface area contributed by atoms with E-state index < -0.39 is 11.9 Å². The molecule has 4 rings (SSSR count). The molecule has 0 aromatic heterocycles. The van der Waals surface area contributed by atoms with E-state index in [1.807, 2.05) is 26.0 Å². The van der Waals surface area contributed by atoms with Crippen molar-refractivity contribution in [2.75, 3.05) is 5.32 Å². The van der Waals surface area contributed by atoms with Crippen molar-refractivity contribution in [2.45, 2.75) is 45.8 Å². The number of hydrogen-bond donors (Lipinski definition) is 3. The lowest BCUT2D eigenvalue weighted by molar-refractivity contribution is -0.136. The monoisotopic (exact) mass is 454 g/mol. The van der Waals surface area contributed by atoms with Crippen LogP contribution in [-0.4, -0.2) is 34.7 Å². The lowest BCUT2D eigenvalue weighted by Gasteiger charge is -2.29. The van der Waals surface area contributed by atoms with Crippen LogP contribution < -0.4 is 16.0 Å². The van der Waals surface area contributed by atoms with Gasteiger partial charge in [0, 0.05) is 35.8 Å². The molecule has 0 radical (unpaired) electrons. The van der Waals surface area contributed by atoms with E-state index in [1.54, 1.807) is 18.2 Å². The molecule has 1 fully saturated rings. The number of nitrogens with one attached hydrogen (secondary N) is 3. The molecule has 8 nitrogen and oxygen atoms in total. The Kier molecular flexibility index (Phi) is 5.88. The smallest absolute Gasteiger partial charge is 0.319 e. The van der Waals surface area contributed by atoms with Gasteiger partial charge in [-0.2, -0.15) is 0 Å². The Morgan fingerprint density at radius 3 is 2.69 bits per heavy atom. The quantitative estimate of drug-likeness (QED) is 0.617. The summed E-state index contributed by atoms with van der Waals surface area (Å²) in [6.45, 7) is 4.36. The van der Waals surface area contributed by atoms with Crippen molar-refractivity contribution in [3.8, 4) is 0 Å². The number of carbonyl (C=O) groups excluding carboxylic acids is 4. The summed E-state index contributed by atoms with van der Waals surface area (Å²) in [5.74, 6) is -0.966. The number of urea groups is 1. The highest BCUT2D eigenvalue weighted by molar-refractivity contribution is 6.31. The first-order valence-electron chi connectivity index (χ1n) is 10.3. The topological polar surface area (TPSA) is 108 Å². The second-order valence-corrected chi connectivity index (χ2v) is 8.45. The van der Waals surface area contributed by atoms with Crippen LogP contribution in [-0.2, 0) is 22.7 Å².